The lowest BCUT2D eigenvalue weighted by molar-refractivity contribution is 0.585. The molecule has 2 N–H and O–H groups in total. The minimum absolute atomic E-state index is 0.155. The molecular weight excluding hydrogens is 219 g/mol. The van der Waals surface area contributed by atoms with Gasteiger partial charge >= 0.3 is 0 Å². The lowest BCUT2D eigenvalue weighted by atomic mass is 10.2. The Morgan fingerprint density at radius 2 is 2.27 bits per heavy atom. The summed E-state index contributed by atoms with van der Waals surface area (Å²) >= 11 is 5.85. The van der Waals surface area contributed by atoms with Crippen molar-refractivity contribution < 1.29 is 4.39 Å². The minimum atomic E-state index is -0.364. The van der Waals surface area contributed by atoms with Crippen molar-refractivity contribution in [2.45, 2.75) is 6.54 Å². The Morgan fingerprint density at radius 3 is 2.87 bits per heavy atom. The summed E-state index contributed by atoms with van der Waals surface area (Å²) in [5.74, 6) is -0.209. The van der Waals surface area contributed by atoms with Crippen LogP contribution in [0.5, 0.6) is 0 Å². The first-order chi connectivity index (χ1) is 7.16. The fourth-order valence-electron chi connectivity index (χ4n) is 1.23. The highest BCUT2D eigenvalue weighted by molar-refractivity contribution is 6.31. The van der Waals surface area contributed by atoms with Crippen LogP contribution in [-0.4, -0.2) is 14.8 Å². The zero-order valence-corrected chi connectivity index (χ0v) is 8.45. The van der Waals surface area contributed by atoms with Gasteiger partial charge in [0.1, 0.15) is 12.1 Å². The molecule has 4 nitrogen and oxygen atoms in total. The Hall–Kier alpha value is -1.62. The van der Waals surface area contributed by atoms with Crippen molar-refractivity contribution in [1.82, 2.24) is 14.8 Å². The van der Waals surface area contributed by atoms with Crippen molar-refractivity contribution in [1.29, 1.82) is 0 Å². The number of nitrogen functional groups attached to an aromatic ring is 1. The predicted octanol–water partition coefficient (Wildman–Crippen LogP) is 1.70. The predicted molar refractivity (Wildman–Crippen MR) is 54.9 cm³/mol. The molecule has 2 aromatic rings. The van der Waals surface area contributed by atoms with Crippen LogP contribution >= 0.6 is 11.6 Å². The maximum absolute atomic E-state index is 13.4. The maximum atomic E-state index is 13.4. The minimum Gasteiger partial charge on any atom is -0.367 e. The van der Waals surface area contributed by atoms with Crippen LogP contribution in [0.1, 0.15) is 5.56 Å². The first-order valence-corrected chi connectivity index (χ1v) is 4.62. The molecule has 78 valence electrons. The third kappa shape index (κ3) is 2.07. The molecule has 0 amide bonds. The average Bonchev–Trinajstić information content (AvgIpc) is 2.58. The molecule has 0 saturated heterocycles. The van der Waals surface area contributed by atoms with E-state index in [-0.39, 0.29) is 18.3 Å². The highest BCUT2D eigenvalue weighted by Gasteiger charge is 2.08. The largest absolute Gasteiger partial charge is 0.367 e. The van der Waals surface area contributed by atoms with Gasteiger partial charge in [0.25, 0.3) is 0 Å². The third-order valence-corrected chi connectivity index (χ3v) is 2.29. The molecule has 0 unspecified atom stereocenters. The Morgan fingerprint density at radius 1 is 1.47 bits per heavy atom. The van der Waals surface area contributed by atoms with Crippen LogP contribution in [0.4, 0.5) is 10.3 Å². The van der Waals surface area contributed by atoms with E-state index >= 15 is 0 Å². The number of hydrogen-bond donors (Lipinski definition) is 1. The first-order valence-electron chi connectivity index (χ1n) is 4.24. The highest BCUT2D eigenvalue weighted by Crippen LogP contribution is 2.19. The van der Waals surface area contributed by atoms with Crippen LogP contribution in [0.2, 0.25) is 5.02 Å². The van der Waals surface area contributed by atoms with E-state index in [0.717, 1.165) is 0 Å². The van der Waals surface area contributed by atoms with Gasteiger partial charge in [0, 0.05) is 10.6 Å². The van der Waals surface area contributed by atoms with Crippen LogP contribution in [0.25, 0.3) is 0 Å². The molecule has 0 radical (unpaired) electrons. The van der Waals surface area contributed by atoms with Gasteiger partial charge in [-0.1, -0.05) is 17.7 Å². The zero-order valence-electron chi connectivity index (χ0n) is 7.69. The van der Waals surface area contributed by atoms with Crippen molar-refractivity contribution in [3.05, 3.63) is 40.9 Å². The Bertz CT molecular complexity index is 462. The van der Waals surface area contributed by atoms with Gasteiger partial charge in [0.2, 0.25) is 5.95 Å². The Labute approximate surface area is 90.5 Å². The van der Waals surface area contributed by atoms with E-state index in [1.165, 1.54) is 17.1 Å². The van der Waals surface area contributed by atoms with E-state index in [9.17, 15) is 4.39 Å². The van der Waals surface area contributed by atoms with Crippen molar-refractivity contribution in [3.63, 3.8) is 0 Å². The fourth-order valence-corrected chi connectivity index (χ4v) is 1.45. The monoisotopic (exact) mass is 226 g/mol. The molecule has 0 aliphatic rings. The molecule has 1 aromatic heterocycles. The maximum Gasteiger partial charge on any atom is 0.239 e. The molecule has 0 spiro atoms. The van der Waals surface area contributed by atoms with Crippen LogP contribution < -0.4 is 5.73 Å². The normalized spacial score (nSPS) is 10.5. The van der Waals surface area contributed by atoms with Crippen molar-refractivity contribution in [2.24, 2.45) is 0 Å². The van der Waals surface area contributed by atoms with Crippen LogP contribution in [-0.2, 0) is 6.54 Å². The lowest BCUT2D eigenvalue weighted by Crippen LogP contribution is -2.03. The van der Waals surface area contributed by atoms with Gasteiger partial charge in [-0.25, -0.2) is 14.1 Å². The van der Waals surface area contributed by atoms with E-state index in [1.54, 1.807) is 12.1 Å². The standard InChI is InChI=1S/C9H8ClFN4/c10-7-2-1-3-8(11)6(7)4-15-5-13-9(12)14-15/h1-3,5H,4H2,(H2,12,14). The van der Waals surface area contributed by atoms with Crippen LogP contribution in [0.3, 0.4) is 0 Å². The number of hydrogen-bond acceptors (Lipinski definition) is 3. The first kappa shape index (κ1) is 9.92. The molecular formula is C9H8ClFN4. The van der Waals surface area contributed by atoms with Gasteiger partial charge in [-0.3, -0.25) is 0 Å². The van der Waals surface area contributed by atoms with E-state index in [0.29, 0.717) is 10.6 Å². The zero-order chi connectivity index (χ0) is 10.8. The van der Waals surface area contributed by atoms with E-state index < -0.39 is 0 Å². The number of halogens is 2. The van der Waals surface area contributed by atoms with Crippen LogP contribution in [0.15, 0.2) is 24.5 Å². The summed E-state index contributed by atoms with van der Waals surface area (Å²) in [5, 5.41) is 4.21. The summed E-state index contributed by atoms with van der Waals surface area (Å²) in [6, 6.07) is 4.53. The fraction of sp³-hybridized carbons (Fsp3) is 0.111. The van der Waals surface area contributed by atoms with Gasteiger partial charge in [0.15, 0.2) is 0 Å². The second-order valence-electron chi connectivity index (χ2n) is 3.00. The molecule has 0 saturated carbocycles. The molecule has 6 heteroatoms. The molecule has 0 fully saturated rings. The number of rotatable bonds is 2. The summed E-state index contributed by atoms with van der Waals surface area (Å²) in [5.41, 5.74) is 5.72. The van der Waals surface area contributed by atoms with Gasteiger partial charge in [-0.15, -0.1) is 5.10 Å². The van der Waals surface area contributed by atoms with E-state index in [2.05, 4.69) is 10.1 Å². The van der Waals surface area contributed by atoms with Crippen LogP contribution in [0, 0.1) is 5.82 Å². The van der Waals surface area contributed by atoms with Gasteiger partial charge in [-0.05, 0) is 12.1 Å². The quantitative estimate of drug-likeness (QED) is 0.848. The highest BCUT2D eigenvalue weighted by atomic mass is 35.5. The molecule has 1 aromatic carbocycles. The number of nitrogens with zero attached hydrogens (tertiary/aromatic N) is 3. The van der Waals surface area contributed by atoms with E-state index in [4.69, 9.17) is 17.3 Å². The molecule has 0 atom stereocenters. The number of benzene rings is 1. The molecule has 0 aliphatic carbocycles. The van der Waals surface area contributed by atoms with Gasteiger partial charge in [-0.2, -0.15) is 0 Å². The third-order valence-electron chi connectivity index (χ3n) is 1.94. The smallest absolute Gasteiger partial charge is 0.239 e. The Balaban J connectivity index is 2.31. The number of nitrogens with two attached hydrogens (primary N) is 1. The van der Waals surface area contributed by atoms with Crippen molar-refractivity contribution in [2.75, 3.05) is 5.73 Å². The second kappa shape index (κ2) is 3.86. The summed E-state index contributed by atoms with van der Waals surface area (Å²) < 4.78 is 14.8. The molecule has 15 heavy (non-hydrogen) atoms. The average molecular weight is 227 g/mol. The van der Waals surface area contributed by atoms with Gasteiger partial charge < -0.3 is 5.73 Å². The topological polar surface area (TPSA) is 56.7 Å². The van der Waals surface area contributed by atoms with E-state index in [1.807, 2.05) is 0 Å². The molecule has 0 aliphatic heterocycles. The summed E-state index contributed by atoms with van der Waals surface area (Å²) in [6.45, 7) is 0.218. The number of anilines is 1. The summed E-state index contributed by atoms with van der Waals surface area (Å²) in [7, 11) is 0. The molecule has 2 rings (SSSR count). The van der Waals surface area contributed by atoms with Crippen molar-refractivity contribution >= 4 is 17.5 Å². The lowest BCUT2D eigenvalue weighted by Gasteiger charge is -2.04. The van der Waals surface area contributed by atoms with Crippen molar-refractivity contribution in [3.8, 4) is 0 Å². The molecule has 1 heterocycles. The second-order valence-corrected chi connectivity index (χ2v) is 3.41. The summed E-state index contributed by atoms with van der Waals surface area (Å²) in [6.07, 6.45) is 1.43. The SMILES string of the molecule is Nc1ncn(Cc2c(F)cccc2Cl)n1. The van der Waals surface area contributed by atoms with Gasteiger partial charge in [0.05, 0.1) is 6.54 Å². The number of aromatic nitrogens is 3. The Kier molecular flexibility index (Phi) is 2.55. The molecule has 0 bridgehead atoms. The summed E-state index contributed by atoms with van der Waals surface area (Å²) in [4.78, 5) is 3.74.